The molecule has 0 unspecified atom stereocenters. The number of ether oxygens (including phenoxy) is 1. The van der Waals surface area contributed by atoms with Crippen LogP contribution in [-0.2, 0) is 17.8 Å². The maximum absolute atomic E-state index is 13.4. The van der Waals surface area contributed by atoms with Crippen molar-refractivity contribution in [3.05, 3.63) is 33.5 Å². The second-order valence-corrected chi connectivity index (χ2v) is 3.66. The molecule has 0 bridgehead atoms. The van der Waals surface area contributed by atoms with Gasteiger partial charge in [-0.05, 0) is 34.0 Å². The zero-order valence-corrected chi connectivity index (χ0v) is 8.03. The molecule has 0 N–H and O–H groups in total. The maximum atomic E-state index is 13.4. The first-order valence-corrected chi connectivity index (χ1v) is 4.62. The lowest BCUT2D eigenvalue weighted by Crippen LogP contribution is -2.11. The molecule has 0 radical (unpaired) electrons. The molecule has 1 heterocycles. The first-order valence-electron chi connectivity index (χ1n) is 3.82. The van der Waals surface area contributed by atoms with Gasteiger partial charge in [-0.15, -0.1) is 0 Å². The Balaban J connectivity index is 2.54. The van der Waals surface area contributed by atoms with Gasteiger partial charge in [0, 0.05) is 5.56 Å². The molecule has 0 atom stereocenters. The van der Waals surface area contributed by atoms with E-state index >= 15 is 0 Å². The molecular weight excluding hydrogens is 223 g/mol. The van der Waals surface area contributed by atoms with E-state index in [1.165, 1.54) is 0 Å². The average molecular weight is 231 g/mol. The van der Waals surface area contributed by atoms with Crippen molar-refractivity contribution in [2.45, 2.75) is 13.0 Å². The van der Waals surface area contributed by atoms with Crippen LogP contribution in [0.25, 0.3) is 0 Å². The van der Waals surface area contributed by atoms with Crippen molar-refractivity contribution in [1.29, 1.82) is 0 Å². The molecular formula is C9H8BrFO. The van der Waals surface area contributed by atoms with Gasteiger partial charge in [0.25, 0.3) is 0 Å². The van der Waals surface area contributed by atoms with Crippen LogP contribution in [0.4, 0.5) is 4.39 Å². The fraction of sp³-hybridized carbons (Fsp3) is 0.333. The minimum absolute atomic E-state index is 0.174. The van der Waals surface area contributed by atoms with Crippen molar-refractivity contribution in [2.24, 2.45) is 0 Å². The van der Waals surface area contributed by atoms with Gasteiger partial charge in [-0.3, -0.25) is 0 Å². The van der Waals surface area contributed by atoms with E-state index in [1.807, 2.05) is 6.07 Å². The van der Waals surface area contributed by atoms with Gasteiger partial charge in [-0.25, -0.2) is 4.39 Å². The van der Waals surface area contributed by atoms with E-state index in [1.54, 1.807) is 6.07 Å². The lowest BCUT2D eigenvalue weighted by atomic mass is 10.0. The molecule has 1 aliphatic heterocycles. The third-order valence-corrected chi connectivity index (χ3v) is 2.67. The number of halogens is 2. The molecule has 1 aromatic carbocycles. The van der Waals surface area contributed by atoms with Crippen molar-refractivity contribution < 1.29 is 9.13 Å². The van der Waals surface area contributed by atoms with E-state index in [-0.39, 0.29) is 5.82 Å². The number of hydrogen-bond donors (Lipinski definition) is 0. The monoisotopic (exact) mass is 230 g/mol. The van der Waals surface area contributed by atoms with Gasteiger partial charge in [0.05, 0.1) is 17.7 Å². The van der Waals surface area contributed by atoms with Gasteiger partial charge in [-0.2, -0.15) is 0 Å². The summed E-state index contributed by atoms with van der Waals surface area (Å²) in [4.78, 5) is 0. The molecule has 0 saturated heterocycles. The lowest BCUT2D eigenvalue weighted by molar-refractivity contribution is 0.107. The van der Waals surface area contributed by atoms with Gasteiger partial charge in [0.1, 0.15) is 5.82 Å². The Morgan fingerprint density at radius 3 is 3.08 bits per heavy atom. The Labute approximate surface area is 78.7 Å². The molecule has 0 aromatic heterocycles. The van der Waals surface area contributed by atoms with E-state index in [0.717, 1.165) is 12.0 Å². The Morgan fingerprint density at radius 2 is 2.25 bits per heavy atom. The zero-order chi connectivity index (χ0) is 8.55. The van der Waals surface area contributed by atoms with Gasteiger partial charge < -0.3 is 4.74 Å². The van der Waals surface area contributed by atoms with Crippen LogP contribution < -0.4 is 0 Å². The maximum Gasteiger partial charge on any atom is 0.143 e. The predicted octanol–water partition coefficient (Wildman–Crippen LogP) is 2.66. The highest BCUT2D eigenvalue weighted by molar-refractivity contribution is 9.10. The minimum Gasteiger partial charge on any atom is -0.376 e. The molecule has 0 aliphatic carbocycles. The van der Waals surface area contributed by atoms with Crippen molar-refractivity contribution >= 4 is 15.9 Å². The van der Waals surface area contributed by atoms with Gasteiger partial charge in [-0.1, -0.05) is 6.07 Å². The molecule has 2 rings (SSSR count). The van der Waals surface area contributed by atoms with E-state index in [0.29, 0.717) is 23.2 Å². The molecule has 0 fully saturated rings. The van der Waals surface area contributed by atoms with Crippen LogP contribution in [0.3, 0.4) is 0 Å². The molecule has 12 heavy (non-hydrogen) atoms. The van der Waals surface area contributed by atoms with Crippen LogP contribution in [-0.4, -0.2) is 6.61 Å². The summed E-state index contributed by atoms with van der Waals surface area (Å²) in [6.07, 6.45) is 0.819. The molecule has 0 saturated carbocycles. The Bertz CT molecular complexity index is 312. The summed E-state index contributed by atoms with van der Waals surface area (Å²) >= 11 is 3.14. The summed E-state index contributed by atoms with van der Waals surface area (Å²) in [6.45, 7) is 1.11. The van der Waals surface area contributed by atoms with Crippen LogP contribution in [0.1, 0.15) is 11.1 Å². The summed E-state index contributed by atoms with van der Waals surface area (Å²) in [6, 6.07) is 3.70. The quantitative estimate of drug-likeness (QED) is 0.666. The van der Waals surface area contributed by atoms with Crippen LogP contribution in [0.15, 0.2) is 16.6 Å². The molecule has 1 aliphatic rings. The fourth-order valence-corrected chi connectivity index (χ4v) is 1.75. The topological polar surface area (TPSA) is 9.23 Å². The Hall–Kier alpha value is -0.410. The van der Waals surface area contributed by atoms with Gasteiger partial charge in [0.2, 0.25) is 0 Å². The highest BCUT2D eigenvalue weighted by Gasteiger charge is 2.15. The average Bonchev–Trinajstić information content (AvgIpc) is 2.12. The van der Waals surface area contributed by atoms with Crippen molar-refractivity contribution in [3.8, 4) is 0 Å². The molecule has 1 nitrogen and oxygen atoms in total. The number of benzene rings is 1. The second kappa shape index (κ2) is 3.15. The molecule has 0 amide bonds. The van der Waals surface area contributed by atoms with Gasteiger partial charge in [0.15, 0.2) is 0 Å². The SMILES string of the molecule is Fc1c(Br)ccc2c1COCC2. The van der Waals surface area contributed by atoms with Crippen LogP contribution in [0.5, 0.6) is 0 Å². The third kappa shape index (κ3) is 1.27. The van der Waals surface area contributed by atoms with Crippen molar-refractivity contribution in [3.63, 3.8) is 0 Å². The van der Waals surface area contributed by atoms with Crippen molar-refractivity contribution in [2.75, 3.05) is 6.61 Å². The summed E-state index contributed by atoms with van der Waals surface area (Å²) in [5.74, 6) is -0.174. The summed E-state index contributed by atoms with van der Waals surface area (Å²) < 4.78 is 19.0. The lowest BCUT2D eigenvalue weighted by Gasteiger charge is -2.17. The van der Waals surface area contributed by atoms with Crippen LogP contribution >= 0.6 is 15.9 Å². The summed E-state index contributed by atoms with van der Waals surface area (Å²) in [5.41, 5.74) is 1.78. The molecule has 3 heteroatoms. The third-order valence-electron chi connectivity index (χ3n) is 2.06. The van der Waals surface area contributed by atoms with Crippen molar-refractivity contribution in [1.82, 2.24) is 0 Å². The molecule has 64 valence electrons. The minimum atomic E-state index is -0.174. The smallest absolute Gasteiger partial charge is 0.143 e. The van der Waals surface area contributed by atoms with Crippen LogP contribution in [0, 0.1) is 5.82 Å². The van der Waals surface area contributed by atoms with Crippen LogP contribution in [0.2, 0.25) is 0 Å². The van der Waals surface area contributed by atoms with Gasteiger partial charge >= 0.3 is 0 Å². The first-order chi connectivity index (χ1) is 5.79. The number of rotatable bonds is 0. The first kappa shape index (κ1) is 8.20. The fourth-order valence-electron chi connectivity index (χ4n) is 1.38. The second-order valence-electron chi connectivity index (χ2n) is 2.80. The highest BCUT2D eigenvalue weighted by atomic mass is 79.9. The van der Waals surface area contributed by atoms with E-state index in [4.69, 9.17) is 4.74 Å². The largest absolute Gasteiger partial charge is 0.376 e. The Kier molecular flexibility index (Phi) is 2.15. The normalized spacial score (nSPS) is 15.8. The van der Waals surface area contributed by atoms with E-state index in [9.17, 15) is 4.39 Å². The molecule has 1 aromatic rings. The predicted molar refractivity (Wildman–Crippen MR) is 47.5 cm³/mol. The summed E-state index contributed by atoms with van der Waals surface area (Å²) in [5, 5.41) is 0. The molecule has 0 spiro atoms. The number of fused-ring (bicyclic) bond motifs is 1. The zero-order valence-electron chi connectivity index (χ0n) is 6.44. The number of hydrogen-bond acceptors (Lipinski definition) is 1. The summed E-state index contributed by atoms with van der Waals surface area (Å²) in [7, 11) is 0. The van der Waals surface area contributed by atoms with E-state index < -0.39 is 0 Å². The standard InChI is InChI=1S/C9H8BrFO/c10-8-2-1-6-3-4-12-5-7(6)9(8)11/h1-2H,3-5H2. The Morgan fingerprint density at radius 1 is 1.42 bits per heavy atom. The highest BCUT2D eigenvalue weighted by Crippen LogP contribution is 2.25. The van der Waals surface area contributed by atoms with E-state index in [2.05, 4.69) is 15.9 Å².